The first-order valence-corrected chi connectivity index (χ1v) is 8.85. The van der Waals surface area contributed by atoms with Gasteiger partial charge < -0.3 is 14.2 Å². The van der Waals surface area contributed by atoms with Gasteiger partial charge in [0.25, 0.3) is 5.91 Å². The minimum atomic E-state index is 0.0510. The standard InChI is InChI=1S/C19H24N4O2/c1-14-12-25-13-16-11-22(8-9-23(14)16)19(24)17-10-20-18(21(17)2)15-6-4-3-5-7-15/h3-7,10,14,16H,8-9,11-13H2,1-2H3/t14-,16+/m0/s1. The molecule has 0 unspecified atom stereocenters. The van der Waals surface area contributed by atoms with Gasteiger partial charge in [0.2, 0.25) is 0 Å². The number of piperazine rings is 1. The summed E-state index contributed by atoms with van der Waals surface area (Å²) in [6.45, 7) is 6.06. The molecule has 2 aliphatic rings. The highest BCUT2D eigenvalue weighted by Gasteiger charge is 2.36. The average Bonchev–Trinajstić information content (AvgIpc) is 3.03. The van der Waals surface area contributed by atoms with Crippen molar-refractivity contribution in [3.63, 3.8) is 0 Å². The molecule has 2 saturated heterocycles. The van der Waals surface area contributed by atoms with Crippen molar-refractivity contribution in [2.75, 3.05) is 32.8 Å². The summed E-state index contributed by atoms with van der Waals surface area (Å²) in [7, 11) is 1.91. The van der Waals surface area contributed by atoms with Crippen LogP contribution in [0.3, 0.4) is 0 Å². The van der Waals surface area contributed by atoms with Crippen LogP contribution in [-0.4, -0.2) is 70.2 Å². The number of hydrogen-bond acceptors (Lipinski definition) is 4. The van der Waals surface area contributed by atoms with Crippen LogP contribution in [0.1, 0.15) is 17.4 Å². The maximum Gasteiger partial charge on any atom is 0.272 e. The Morgan fingerprint density at radius 3 is 2.80 bits per heavy atom. The molecule has 2 fully saturated rings. The molecule has 0 bridgehead atoms. The van der Waals surface area contributed by atoms with Crippen LogP contribution in [0.4, 0.5) is 0 Å². The average molecular weight is 340 g/mol. The number of aromatic nitrogens is 2. The van der Waals surface area contributed by atoms with Crippen LogP contribution in [0.5, 0.6) is 0 Å². The Morgan fingerprint density at radius 2 is 2.00 bits per heavy atom. The van der Waals surface area contributed by atoms with E-state index in [0.29, 0.717) is 24.4 Å². The van der Waals surface area contributed by atoms with Gasteiger partial charge in [-0.3, -0.25) is 9.69 Å². The fourth-order valence-corrected chi connectivity index (χ4v) is 3.88. The van der Waals surface area contributed by atoms with Crippen molar-refractivity contribution in [3.8, 4) is 11.4 Å². The molecule has 1 aromatic carbocycles. The van der Waals surface area contributed by atoms with E-state index in [9.17, 15) is 4.79 Å². The molecule has 0 aliphatic carbocycles. The van der Waals surface area contributed by atoms with Crippen LogP contribution < -0.4 is 0 Å². The summed E-state index contributed by atoms with van der Waals surface area (Å²) in [5.41, 5.74) is 1.65. The van der Waals surface area contributed by atoms with Gasteiger partial charge in [-0.15, -0.1) is 0 Å². The van der Waals surface area contributed by atoms with E-state index in [1.165, 1.54) is 0 Å². The van der Waals surface area contributed by atoms with Gasteiger partial charge in [-0.05, 0) is 6.92 Å². The third kappa shape index (κ3) is 2.96. The lowest BCUT2D eigenvalue weighted by Crippen LogP contribution is -2.62. The Kier molecular flexibility index (Phi) is 4.31. The van der Waals surface area contributed by atoms with Gasteiger partial charge in [0.05, 0.1) is 25.5 Å². The lowest BCUT2D eigenvalue weighted by Gasteiger charge is -2.46. The second-order valence-electron chi connectivity index (χ2n) is 6.92. The van der Waals surface area contributed by atoms with E-state index in [2.05, 4.69) is 16.8 Å². The van der Waals surface area contributed by atoms with Crippen molar-refractivity contribution in [3.05, 3.63) is 42.2 Å². The zero-order valence-electron chi connectivity index (χ0n) is 14.8. The fourth-order valence-electron chi connectivity index (χ4n) is 3.88. The summed E-state index contributed by atoms with van der Waals surface area (Å²) in [4.78, 5) is 21.9. The monoisotopic (exact) mass is 340 g/mol. The van der Waals surface area contributed by atoms with E-state index < -0.39 is 0 Å². The fraction of sp³-hybridized carbons (Fsp3) is 0.474. The van der Waals surface area contributed by atoms with Crippen LogP contribution in [-0.2, 0) is 11.8 Å². The Balaban J connectivity index is 1.53. The summed E-state index contributed by atoms with van der Waals surface area (Å²) < 4.78 is 7.57. The van der Waals surface area contributed by atoms with Gasteiger partial charge in [0.15, 0.2) is 0 Å². The normalized spacial score (nSPS) is 24.2. The van der Waals surface area contributed by atoms with Crippen molar-refractivity contribution >= 4 is 5.91 Å². The topological polar surface area (TPSA) is 50.6 Å². The lowest BCUT2D eigenvalue weighted by molar-refractivity contribution is -0.0700. The number of carbonyl (C=O) groups is 1. The maximum absolute atomic E-state index is 13.0. The van der Waals surface area contributed by atoms with Crippen molar-refractivity contribution < 1.29 is 9.53 Å². The summed E-state index contributed by atoms with van der Waals surface area (Å²) in [5, 5.41) is 0. The largest absolute Gasteiger partial charge is 0.378 e. The molecular weight excluding hydrogens is 316 g/mol. The van der Waals surface area contributed by atoms with E-state index in [1.807, 2.05) is 46.8 Å². The molecule has 0 N–H and O–H groups in total. The minimum absolute atomic E-state index is 0.0510. The van der Waals surface area contributed by atoms with Crippen molar-refractivity contribution in [1.82, 2.24) is 19.4 Å². The zero-order chi connectivity index (χ0) is 17.4. The maximum atomic E-state index is 13.0. The zero-order valence-corrected chi connectivity index (χ0v) is 14.8. The first kappa shape index (κ1) is 16.3. The van der Waals surface area contributed by atoms with Gasteiger partial charge >= 0.3 is 0 Å². The Morgan fingerprint density at radius 1 is 1.20 bits per heavy atom. The number of amides is 1. The summed E-state index contributed by atoms with van der Waals surface area (Å²) in [6, 6.07) is 10.7. The Labute approximate surface area is 148 Å². The smallest absolute Gasteiger partial charge is 0.272 e. The third-order valence-corrected chi connectivity index (χ3v) is 5.29. The number of benzene rings is 1. The van der Waals surface area contributed by atoms with E-state index in [0.717, 1.165) is 37.6 Å². The summed E-state index contributed by atoms with van der Waals surface area (Å²) >= 11 is 0. The van der Waals surface area contributed by atoms with Crippen LogP contribution >= 0.6 is 0 Å². The summed E-state index contributed by atoms with van der Waals surface area (Å²) in [6.07, 6.45) is 1.69. The number of fused-ring (bicyclic) bond motifs is 1. The molecule has 6 nitrogen and oxygen atoms in total. The van der Waals surface area contributed by atoms with E-state index >= 15 is 0 Å². The lowest BCUT2D eigenvalue weighted by atomic mass is 10.1. The third-order valence-electron chi connectivity index (χ3n) is 5.29. The molecule has 3 heterocycles. The Bertz CT molecular complexity index is 758. The molecule has 6 heteroatoms. The molecule has 132 valence electrons. The van der Waals surface area contributed by atoms with E-state index in [4.69, 9.17) is 4.74 Å². The molecular formula is C19H24N4O2. The van der Waals surface area contributed by atoms with Crippen LogP contribution in [0.2, 0.25) is 0 Å². The van der Waals surface area contributed by atoms with Crippen LogP contribution in [0, 0.1) is 0 Å². The van der Waals surface area contributed by atoms with Crippen molar-refractivity contribution in [2.24, 2.45) is 7.05 Å². The molecule has 2 aromatic rings. The number of morpholine rings is 1. The highest BCUT2D eigenvalue weighted by atomic mass is 16.5. The second kappa shape index (κ2) is 6.61. The predicted octanol–water partition coefficient (Wildman–Crippen LogP) is 1.63. The number of nitrogens with zero attached hydrogens (tertiary/aromatic N) is 4. The molecule has 0 spiro atoms. The second-order valence-corrected chi connectivity index (χ2v) is 6.92. The minimum Gasteiger partial charge on any atom is -0.378 e. The van der Waals surface area contributed by atoms with Gasteiger partial charge in [-0.25, -0.2) is 4.98 Å². The molecule has 0 radical (unpaired) electrons. The van der Waals surface area contributed by atoms with Crippen molar-refractivity contribution in [1.29, 1.82) is 0 Å². The quantitative estimate of drug-likeness (QED) is 0.834. The number of ether oxygens (including phenoxy) is 1. The van der Waals surface area contributed by atoms with Gasteiger partial charge in [0.1, 0.15) is 11.5 Å². The first-order valence-electron chi connectivity index (χ1n) is 8.85. The molecule has 25 heavy (non-hydrogen) atoms. The summed E-state index contributed by atoms with van der Waals surface area (Å²) in [5.74, 6) is 0.868. The SMILES string of the molecule is C[C@H]1COC[C@H]2CN(C(=O)c3cnc(-c4ccccc4)n3C)CCN21. The number of rotatable bonds is 2. The molecule has 2 aliphatic heterocycles. The Hall–Kier alpha value is -2.18. The van der Waals surface area contributed by atoms with Crippen LogP contribution in [0.25, 0.3) is 11.4 Å². The molecule has 1 aromatic heterocycles. The molecule has 2 atom stereocenters. The predicted molar refractivity (Wildman–Crippen MR) is 95.3 cm³/mol. The highest BCUT2D eigenvalue weighted by molar-refractivity contribution is 5.93. The molecule has 1 amide bonds. The molecule has 4 rings (SSSR count). The van der Waals surface area contributed by atoms with Gasteiger partial charge in [0, 0.05) is 38.3 Å². The van der Waals surface area contributed by atoms with E-state index in [-0.39, 0.29) is 5.91 Å². The number of carbonyl (C=O) groups excluding carboxylic acids is 1. The number of hydrogen-bond donors (Lipinski definition) is 0. The number of imidazole rings is 1. The highest BCUT2D eigenvalue weighted by Crippen LogP contribution is 2.22. The first-order chi connectivity index (χ1) is 12.1. The van der Waals surface area contributed by atoms with Gasteiger partial charge in [-0.2, -0.15) is 0 Å². The van der Waals surface area contributed by atoms with Gasteiger partial charge in [-0.1, -0.05) is 30.3 Å². The van der Waals surface area contributed by atoms with Crippen molar-refractivity contribution in [2.45, 2.75) is 19.0 Å². The molecule has 0 saturated carbocycles. The van der Waals surface area contributed by atoms with E-state index in [1.54, 1.807) is 6.20 Å². The van der Waals surface area contributed by atoms with Crippen LogP contribution in [0.15, 0.2) is 36.5 Å².